The lowest BCUT2D eigenvalue weighted by atomic mass is 9.94. The predicted molar refractivity (Wildman–Crippen MR) is 82.1 cm³/mol. The molecule has 0 spiro atoms. The quantitative estimate of drug-likeness (QED) is 0.823. The van der Waals surface area contributed by atoms with Crippen molar-refractivity contribution in [1.82, 2.24) is 15.1 Å². The van der Waals surface area contributed by atoms with E-state index in [0.29, 0.717) is 36.4 Å². The molecule has 1 unspecified atom stereocenters. The Morgan fingerprint density at radius 2 is 1.81 bits per heavy atom. The zero-order valence-electron chi connectivity index (χ0n) is 13.4. The molecule has 3 rings (SSSR count). The molecule has 2 saturated heterocycles. The van der Waals surface area contributed by atoms with Gasteiger partial charge in [-0.25, -0.2) is 0 Å². The number of fused-ring (bicyclic) bond motifs is 2. The first-order valence-corrected chi connectivity index (χ1v) is 8.40. The van der Waals surface area contributed by atoms with E-state index >= 15 is 0 Å². The highest BCUT2D eigenvalue weighted by molar-refractivity contribution is 5.78. The van der Waals surface area contributed by atoms with Gasteiger partial charge in [0.15, 0.2) is 0 Å². The normalized spacial score (nSPS) is 33.7. The van der Waals surface area contributed by atoms with Gasteiger partial charge in [0.1, 0.15) is 0 Å². The number of amides is 1. The van der Waals surface area contributed by atoms with E-state index in [0.717, 1.165) is 39.0 Å². The van der Waals surface area contributed by atoms with Gasteiger partial charge < -0.3 is 15.0 Å². The summed E-state index contributed by atoms with van der Waals surface area (Å²) in [4.78, 5) is 16.9. The molecule has 21 heavy (non-hydrogen) atoms. The van der Waals surface area contributed by atoms with Crippen molar-refractivity contribution in [2.75, 3.05) is 46.9 Å². The van der Waals surface area contributed by atoms with E-state index in [2.05, 4.69) is 22.2 Å². The number of hydrogen-bond acceptors (Lipinski definition) is 4. The van der Waals surface area contributed by atoms with Gasteiger partial charge in [-0.05, 0) is 45.8 Å². The summed E-state index contributed by atoms with van der Waals surface area (Å²) in [6.07, 6.45) is 5.13. The van der Waals surface area contributed by atoms with E-state index in [1.807, 2.05) is 7.11 Å². The predicted octanol–water partition coefficient (Wildman–Crippen LogP) is 0.554. The summed E-state index contributed by atoms with van der Waals surface area (Å²) >= 11 is 0. The first-order chi connectivity index (χ1) is 10.2. The first kappa shape index (κ1) is 15.3. The minimum Gasteiger partial charge on any atom is -0.381 e. The molecule has 5 heteroatoms. The number of methoxy groups -OCH3 is 1. The minimum absolute atomic E-state index is 0.308. The summed E-state index contributed by atoms with van der Waals surface area (Å²) in [5, 5.41) is 3.38. The Bertz CT molecular complexity index is 357. The fourth-order valence-corrected chi connectivity index (χ4v) is 4.45. The van der Waals surface area contributed by atoms with Crippen LogP contribution in [0.1, 0.15) is 25.7 Å². The lowest BCUT2D eigenvalue weighted by Crippen LogP contribution is -2.52. The van der Waals surface area contributed by atoms with Crippen LogP contribution in [-0.2, 0) is 9.53 Å². The maximum Gasteiger partial charge on any atom is 0.236 e. The van der Waals surface area contributed by atoms with Crippen molar-refractivity contribution in [2.45, 2.75) is 37.8 Å². The SMILES string of the molecule is COC1[C@@H]2CC[C@H]1CN(C(=O)CN(C)C1CCNCC1)C2. The molecule has 3 aliphatic rings. The number of carbonyl (C=O) groups is 1. The molecule has 2 heterocycles. The number of carbonyl (C=O) groups excluding carboxylic acids is 1. The summed E-state index contributed by atoms with van der Waals surface area (Å²) < 4.78 is 5.63. The van der Waals surface area contributed by atoms with Crippen LogP contribution in [0, 0.1) is 11.8 Å². The van der Waals surface area contributed by atoms with Gasteiger partial charge in [0.05, 0.1) is 12.6 Å². The number of rotatable bonds is 4. The molecule has 1 aliphatic carbocycles. The Kier molecular flexibility index (Phi) is 4.82. The van der Waals surface area contributed by atoms with Crippen LogP contribution in [0.25, 0.3) is 0 Å². The number of nitrogens with one attached hydrogen (secondary N) is 1. The molecule has 5 nitrogen and oxygen atoms in total. The Morgan fingerprint density at radius 1 is 1.19 bits per heavy atom. The highest BCUT2D eigenvalue weighted by Crippen LogP contribution is 2.38. The van der Waals surface area contributed by atoms with Crippen LogP contribution in [0.4, 0.5) is 0 Å². The summed E-state index contributed by atoms with van der Waals surface area (Å²) in [6.45, 7) is 4.52. The van der Waals surface area contributed by atoms with Crippen LogP contribution in [0.15, 0.2) is 0 Å². The van der Waals surface area contributed by atoms with E-state index in [-0.39, 0.29) is 0 Å². The Balaban J connectivity index is 1.52. The Hall–Kier alpha value is -0.650. The number of piperidine rings is 2. The van der Waals surface area contributed by atoms with Gasteiger partial charge in [0, 0.05) is 38.1 Å². The van der Waals surface area contributed by atoms with Crippen LogP contribution in [0.5, 0.6) is 0 Å². The smallest absolute Gasteiger partial charge is 0.236 e. The minimum atomic E-state index is 0.308. The number of likely N-dealkylation sites (N-methyl/N-ethyl adjacent to an activating group) is 1. The van der Waals surface area contributed by atoms with Crippen LogP contribution < -0.4 is 5.32 Å². The highest BCUT2D eigenvalue weighted by atomic mass is 16.5. The fraction of sp³-hybridized carbons (Fsp3) is 0.938. The van der Waals surface area contributed by atoms with Crippen LogP contribution >= 0.6 is 0 Å². The zero-order valence-corrected chi connectivity index (χ0v) is 13.4. The van der Waals surface area contributed by atoms with Crippen molar-refractivity contribution in [3.8, 4) is 0 Å². The van der Waals surface area contributed by atoms with E-state index in [1.54, 1.807) is 0 Å². The van der Waals surface area contributed by atoms with E-state index in [9.17, 15) is 4.79 Å². The maximum atomic E-state index is 12.6. The monoisotopic (exact) mass is 295 g/mol. The second-order valence-corrected chi connectivity index (χ2v) is 6.99. The third kappa shape index (κ3) is 3.25. The molecule has 0 aromatic carbocycles. The third-order valence-electron chi connectivity index (χ3n) is 5.69. The largest absolute Gasteiger partial charge is 0.381 e. The summed E-state index contributed by atoms with van der Waals surface area (Å²) in [7, 11) is 3.92. The fourth-order valence-electron chi connectivity index (χ4n) is 4.45. The van der Waals surface area contributed by atoms with Gasteiger partial charge in [0.2, 0.25) is 5.91 Å². The zero-order chi connectivity index (χ0) is 14.8. The molecule has 120 valence electrons. The number of nitrogens with zero attached hydrogens (tertiary/aromatic N) is 2. The molecular weight excluding hydrogens is 266 g/mol. The molecule has 1 amide bonds. The van der Waals surface area contributed by atoms with Gasteiger partial charge >= 0.3 is 0 Å². The van der Waals surface area contributed by atoms with Gasteiger partial charge in [-0.15, -0.1) is 0 Å². The van der Waals surface area contributed by atoms with E-state index in [4.69, 9.17) is 4.74 Å². The first-order valence-electron chi connectivity index (χ1n) is 8.40. The number of likely N-dealkylation sites (tertiary alicyclic amines) is 1. The van der Waals surface area contributed by atoms with Gasteiger partial charge in [0.25, 0.3) is 0 Å². The molecule has 0 radical (unpaired) electrons. The summed E-state index contributed by atoms with van der Waals surface area (Å²) in [5.74, 6) is 1.42. The molecule has 2 bridgehead atoms. The third-order valence-corrected chi connectivity index (χ3v) is 5.69. The van der Waals surface area contributed by atoms with Gasteiger partial charge in [-0.3, -0.25) is 9.69 Å². The van der Waals surface area contributed by atoms with Gasteiger partial charge in [-0.2, -0.15) is 0 Å². The standard InChI is InChI=1S/C16H29N3O2/c1-18(14-5-7-17-8-6-14)11-15(20)19-9-12-3-4-13(10-19)16(12)21-2/h12-14,16-17H,3-11H2,1-2H3/t12-,13+,16?. The van der Waals surface area contributed by atoms with Crippen LogP contribution in [-0.4, -0.2) is 74.7 Å². The molecule has 0 aromatic heterocycles. The second kappa shape index (κ2) is 6.63. The molecule has 2 aliphatic heterocycles. The molecule has 0 aromatic rings. The highest BCUT2D eigenvalue weighted by Gasteiger charge is 2.43. The average Bonchev–Trinajstić information content (AvgIpc) is 2.76. The van der Waals surface area contributed by atoms with Crippen molar-refractivity contribution in [3.05, 3.63) is 0 Å². The van der Waals surface area contributed by atoms with Crippen LogP contribution in [0.2, 0.25) is 0 Å². The Morgan fingerprint density at radius 3 is 2.38 bits per heavy atom. The second-order valence-electron chi connectivity index (χ2n) is 6.99. The molecular formula is C16H29N3O2. The summed E-state index contributed by atoms with van der Waals surface area (Å²) in [6, 6.07) is 0.559. The van der Waals surface area contributed by atoms with Gasteiger partial charge in [-0.1, -0.05) is 0 Å². The van der Waals surface area contributed by atoms with Crippen molar-refractivity contribution in [3.63, 3.8) is 0 Å². The molecule has 1 saturated carbocycles. The average molecular weight is 295 g/mol. The van der Waals surface area contributed by atoms with Crippen LogP contribution in [0.3, 0.4) is 0 Å². The topological polar surface area (TPSA) is 44.8 Å². The number of ether oxygens (including phenoxy) is 1. The number of hydrogen-bond donors (Lipinski definition) is 1. The lowest BCUT2D eigenvalue weighted by molar-refractivity contribution is -0.137. The van der Waals surface area contributed by atoms with Crippen molar-refractivity contribution < 1.29 is 9.53 Å². The van der Waals surface area contributed by atoms with Crippen molar-refractivity contribution >= 4 is 5.91 Å². The maximum absolute atomic E-state index is 12.6. The molecule has 3 atom stereocenters. The Labute approximate surface area is 128 Å². The molecule has 3 fully saturated rings. The van der Waals surface area contributed by atoms with E-state index in [1.165, 1.54) is 12.8 Å². The summed E-state index contributed by atoms with van der Waals surface area (Å²) in [5.41, 5.74) is 0. The lowest BCUT2D eigenvalue weighted by Gasteiger charge is -2.39. The van der Waals surface area contributed by atoms with Crippen molar-refractivity contribution in [2.24, 2.45) is 11.8 Å². The molecule has 1 N–H and O–H groups in total. The van der Waals surface area contributed by atoms with E-state index < -0.39 is 0 Å². The van der Waals surface area contributed by atoms with Crippen molar-refractivity contribution in [1.29, 1.82) is 0 Å².